The van der Waals surface area contributed by atoms with Gasteiger partial charge in [0.2, 0.25) is 0 Å². The van der Waals surface area contributed by atoms with Gasteiger partial charge in [0, 0.05) is 4.90 Å². The number of hydrogen-bond donors (Lipinski definition) is 1. The molecule has 1 aromatic heterocycles. The quantitative estimate of drug-likeness (QED) is 0.881. The first-order valence-electron chi connectivity index (χ1n) is 5.30. The van der Waals surface area contributed by atoms with Crippen molar-refractivity contribution < 1.29 is 4.42 Å². The van der Waals surface area contributed by atoms with Crippen molar-refractivity contribution >= 4 is 11.8 Å². The molecule has 0 unspecified atom stereocenters. The zero-order chi connectivity index (χ0) is 11.4. The number of furan rings is 1. The fraction of sp³-hybridized carbons (Fsp3) is 0.231. The summed E-state index contributed by atoms with van der Waals surface area (Å²) in [7, 11) is 0. The smallest absolute Gasteiger partial charge is 0.114 e. The molecular weight excluding hydrogens is 218 g/mol. The van der Waals surface area contributed by atoms with Crippen molar-refractivity contribution in [3.8, 4) is 0 Å². The van der Waals surface area contributed by atoms with E-state index in [1.54, 1.807) is 18.0 Å². The molecule has 1 aromatic carbocycles. The number of aryl methyl sites for hydroxylation is 1. The Labute approximate surface area is 99.8 Å². The van der Waals surface area contributed by atoms with Gasteiger partial charge >= 0.3 is 0 Å². The predicted molar refractivity (Wildman–Crippen MR) is 66.8 cm³/mol. The summed E-state index contributed by atoms with van der Waals surface area (Å²) in [4.78, 5) is 2.40. The lowest BCUT2D eigenvalue weighted by Crippen LogP contribution is -2.02. The van der Waals surface area contributed by atoms with Gasteiger partial charge in [-0.3, -0.25) is 0 Å². The Morgan fingerprint density at radius 2 is 1.94 bits per heavy atom. The summed E-state index contributed by atoms with van der Waals surface area (Å²) in [6.07, 6.45) is 2.66. The van der Waals surface area contributed by atoms with Gasteiger partial charge in [0.15, 0.2) is 0 Å². The molecule has 0 saturated heterocycles. The summed E-state index contributed by atoms with van der Waals surface area (Å²) in [6.45, 7) is 2.68. The van der Waals surface area contributed by atoms with Crippen LogP contribution in [0, 0.1) is 6.92 Å². The predicted octanol–water partition coefficient (Wildman–Crippen LogP) is 3.24. The van der Waals surface area contributed by atoms with Crippen LogP contribution in [0.15, 0.2) is 50.8 Å². The summed E-state index contributed by atoms with van der Waals surface area (Å²) in [5, 5.41) is 0. The van der Waals surface area contributed by atoms with Gasteiger partial charge in [-0.15, -0.1) is 0 Å². The lowest BCUT2D eigenvalue weighted by atomic mass is 10.2. The second-order valence-electron chi connectivity index (χ2n) is 3.63. The van der Waals surface area contributed by atoms with Crippen molar-refractivity contribution in [2.75, 3.05) is 6.54 Å². The average molecular weight is 233 g/mol. The molecule has 0 aliphatic carbocycles. The molecular formula is C13H15NOS. The zero-order valence-electron chi connectivity index (χ0n) is 9.27. The van der Waals surface area contributed by atoms with Crippen molar-refractivity contribution in [2.45, 2.75) is 23.1 Å². The van der Waals surface area contributed by atoms with Gasteiger partial charge in [-0.05, 0) is 43.7 Å². The van der Waals surface area contributed by atoms with Crippen molar-refractivity contribution in [3.05, 3.63) is 47.9 Å². The summed E-state index contributed by atoms with van der Waals surface area (Å²) >= 11 is 1.72. The van der Waals surface area contributed by atoms with Crippen LogP contribution < -0.4 is 5.73 Å². The van der Waals surface area contributed by atoms with Crippen LogP contribution in [0.4, 0.5) is 0 Å². The van der Waals surface area contributed by atoms with Crippen LogP contribution in [0.25, 0.3) is 0 Å². The van der Waals surface area contributed by atoms with Crippen molar-refractivity contribution in [1.29, 1.82) is 0 Å². The zero-order valence-corrected chi connectivity index (χ0v) is 10.1. The van der Waals surface area contributed by atoms with E-state index in [4.69, 9.17) is 10.2 Å². The molecule has 0 aliphatic heterocycles. The first-order chi connectivity index (χ1) is 7.79. The van der Waals surface area contributed by atoms with Crippen molar-refractivity contribution in [2.24, 2.45) is 5.73 Å². The molecule has 0 aliphatic rings. The van der Waals surface area contributed by atoms with E-state index in [0.29, 0.717) is 6.54 Å². The highest BCUT2D eigenvalue weighted by molar-refractivity contribution is 7.99. The topological polar surface area (TPSA) is 39.2 Å². The molecule has 16 heavy (non-hydrogen) atoms. The Kier molecular flexibility index (Phi) is 3.70. The fourth-order valence-electron chi connectivity index (χ4n) is 1.50. The van der Waals surface area contributed by atoms with Gasteiger partial charge < -0.3 is 10.2 Å². The molecule has 2 N–H and O–H groups in total. The third-order valence-electron chi connectivity index (χ3n) is 2.40. The lowest BCUT2D eigenvalue weighted by Gasteiger charge is -2.02. The average Bonchev–Trinajstić information content (AvgIpc) is 2.68. The monoisotopic (exact) mass is 233 g/mol. The van der Waals surface area contributed by atoms with Crippen LogP contribution in [0.2, 0.25) is 0 Å². The van der Waals surface area contributed by atoms with Gasteiger partial charge in [-0.1, -0.05) is 23.9 Å². The van der Waals surface area contributed by atoms with Crippen LogP contribution >= 0.6 is 11.8 Å². The van der Waals surface area contributed by atoms with E-state index in [2.05, 4.69) is 24.3 Å². The van der Waals surface area contributed by atoms with Crippen molar-refractivity contribution in [3.63, 3.8) is 0 Å². The number of nitrogens with two attached hydrogens (primary N) is 1. The second kappa shape index (κ2) is 5.23. The first kappa shape index (κ1) is 11.3. The van der Waals surface area contributed by atoms with Gasteiger partial charge in [0.05, 0.1) is 11.2 Å². The maximum atomic E-state index is 5.51. The molecule has 3 heteroatoms. The van der Waals surface area contributed by atoms with Crippen LogP contribution in [-0.2, 0) is 6.42 Å². The maximum Gasteiger partial charge on any atom is 0.114 e. The van der Waals surface area contributed by atoms with Crippen molar-refractivity contribution in [1.82, 2.24) is 0 Å². The number of benzene rings is 1. The van der Waals surface area contributed by atoms with Crippen LogP contribution in [0.5, 0.6) is 0 Å². The first-order valence-corrected chi connectivity index (χ1v) is 6.12. The summed E-state index contributed by atoms with van der Waals surface area (Å²) in [5.74, 6) is 0.969. The standard InChI is InChI=1S/C13H15NOS/c1-10-13(7-9-15-10)16-12-4-2-11(3-5-12)6-8-14/h2-5,7,9H,6,8,14H2,1H3. The Hall–Kier alpha value is -1.19. The van der Waals surface area contributed by atoms with E-state index in [1.807, 2.05) is 13.0 Å². The Morgan fingerprint density at radius 1 is 1.19 bits per heavy atom. The molecule has 1 heterocycles. The molecule has 0 amide bonds. The molecule has 0 atom stereocenters. The number of rotatable bonds is 4. The second-order valence-corrected chi connectivity index (χ2v) is 4.74. The van der Waals surface area contributed by atoms with Gasteiger partial charge in [0.25, 0.3) is 0 Å². The van der Waals surface area contributed by atoms with E-state index >= 15 is 0 Å². The fourth-order valence-corrected chi connectivity index (χ4v) is 2.34. The van der Waals surface area contributed by atoms with E-state index < -0.39 is 0 Å². The maximum absolute atomic E-state index is 5.51. The Balaban J connectivity index is 2.08. The Bertz CT molecular complexity index is 447. The van der Waals surface area contributed by atoms with Crippen LogP contribution in [-0.4, -0.2) is 6.54 Å². The molecule has 2 aromatic rings. The Morgan fingerprint density at radius 3 is 2.50 bits per heavy atom. The van der Waals surface area contributed by atoms with E-state index in [1.165, 1.54) is 15.4 Å². The van der Waals surface area contributed by atoms with E-state index in [9.17, 15) is 0 Å². The van der Waals surface area contributed by atoms with Crippen LogP contribution in [0.1, 0.15) is 11.3 Å². The summed E-state index contributed by atoms with van der Waals surface area (Å²) in [6, 6.07) is 10.5. The highest BCUT2D eigenvalue weighted by atomic mass is 32.2. The largest absolute Gasteiger partial charge is 0.468 e. The van der Waals surface area contributed by atoms with E-state index in [-0.39, 0.29) is 0 Å². The molecule has 0 bridgehead atoms. The number of hydrogen-bond acceptors (Lipinski definition) is 3. The third-order valence-corrected chi connectivity index (χ3v) is 3.55. The highest BCUT2D eigenvalue weighted by Gasteiger charge is 2.03. The minimum Gasteiger partial charge on any atom is -0.468 e. The molecule has 0 spiro atoms. The molecule has 2 rings (SSSR count). The molecule has 0 radical (unpaired) electrons. The van der Waals surface area contributed by atoms with E-state index in [0.717, 1.165) is 12.2 Å². The normalized spacial score (nSPS) is 10.6. The van der Waals surface area contributed by atoms with Gasteiger partial charge in [-0.2, -0.15) is 0 Å². The van der Waals surface area contributed by atoms with Gasteiger partial charge in [0.1, 0.15) is 5.76 Å². The molecule has 0 fully saturated rings. The lowest BCUT2D eigenvalue weighted by molar-refractivity contribution is 0.527. The summed E-state index contributed by atoms with van der Waals surface area (Å²) in [5.41, 5.74) is 6.80. The minimum atomic E-state index is 0.702. The SMILES string of the molecule is Cc1occc1Sc1ccc(CCN)cc1. The highest BCUT2D eigenvalue weighted by Crippen LogP contribution is 2.30. The molecule has 2 nitrogen and oxygen atoms in total. The minimum absolute atomic E-state index is 0.702. The van der Waals surface area contributed by atoms with Crippen LogP contribution in [0.3, 0.4) is 0 Å². The molecule has 84 valence electrons. The summed E-state index contributed by atoms with van der Waals surface area (Å²) < 4.78 is 5.26. The third kappa shape index (κ3) is 2.68. The van der Waals surface area contributed by atoms with Gasteiger partial charge in [-0.25, -0.2) is 0 Å². The molecule has 0 saturated carbocycles.